The molecule has 0 unspecified atom stereocenters. The molecule has 18 heavy (non-hydrogen) atoms. The molecule has 5 nitrogen and oxygen atoms in total. The van der Waals surface area contributed by atoms with E-state index in [1.54, 1.807) is 13.2 Å². The SMILES string of the molecule is Cc1sc(CCNCc2ccco2)nc1C(=O)O. The second kappa shape index (κ2) is 5.79. The number of thiazole rings is 1. The van der Waals surface area contributed by atoms with E-state index in [1.807, 2.05) is 12.1 Å². The summed E-state index contributed by atoms with van der Waals surface area (Å²) >= 11 is 1.44. The van der Waals surface area contributed by atoms with Crippen LogP contribution >= 0.6 is 11.3 Å². The van der Waals surface area contributed by atoms with Gasteiger partial charge < -0.3 is 14.8 Å². The predicted octanol–water partition coefficient (Wildman–Crippen LogP) is 2.08. The van der Waals surface area contributed by atoms with Crippen LogP contribution in [0.3, 0.4) is 0 Å². The number of carbonyl (C=O) groups is 1. The molecule has 0 amide bonds. The van der Waals surface area contributed by atoms with E-state index in [0.717, 1.165) is 28.6 Å². The van der Waals surface area contributed by atoms with Gasteiger partial charge in [0.2, 0.25) is 0 Å². The minimum Gasteiger partial charge on any atom is -0.476 e. The predicted molar refractivity (Wildman–Crippen MR) is 67.9 cm³/mol. The normalized spacial score (nSPS) is 10.7. The summed E-state index contributed by atoms with van der Waals surface area (Å²) < 4.78 is 5.19. The molecule has 2 aromatic heterocycles. The van der Waals surface area contributed by atoms with Gasteiger partial charge in [-0.25, -0.2) is 9.78 Å². The van der Waals surface area contributed by atoms with E-state index in [2.05, 4.69) is 10.3 Å². The van der Waals surface area contributed by atoms with Crippen molar-refractivity contribution < 1.29 is 14.3 Å². The molecular weight excluding hydrogens is 252 g/mol. The number of carboxylic acids is 1. The van der Waals surface area contributed by atoms with Gasteiger partial charge in [-0.05, 0) is 19.1 Å². The van der Waals surface area contributed by atoms with Crippen LogP contribution in [0.4, 0.5) is 0 Å². The summed E-state index contributed by atoms with van der Waals surface area (Å²) in [7, 11) is 0. The Morgan fingerprint density at radius 2 is 2.44 bits per heavy atom. The maximum atomic E-state index is 10.8. The zero-order chi connectivity index (χ0) is 13.0. The van der Waals surface area contributed by atoms with Gasteiger partial charge >= 0.3 is 5.97 Å². The summed E-state index contributed by atoms with van der Waals surface area (Å²) in [5, 5.41) is 13.0. The molecule has 0 atom stereocenters. The highest BCUT2D eigenvalue weighted by molar-refractivity contribution is 7.11. The Hall–Kier alpha value is -1.66. The van der Waals surface area contributed by atoms with Gasteiger partial charge in [-0.3, -0.25) is 0 Å². The van der Waals surface area contributed by atoms with Gasteiger partial charge in [0.25, 0.3) is 0 Å². The van der Waals surface area contributed by atoms with E-state index in [9.17, 15) is 4.79 Å². The van der Waals surface area contributed by atoms with Crippen LogP contribution in [0.1, 0.15) is 26.1 Å². The van der Waals surface area contributed by atoms with E-state index >= 15 is 0 Å². The van der Waals surface area contributed by atoms with E-state index < -0.39 is 5.97 Å². The monoisotopic (exact) mass is 266 g/mol. The topological polar surface area (TPSA) is 75.4 Å². The van der Waals surface area contributed by atoms with Gasteiger partial charge in [-0.15, -0.1) is 11.3 Å². The number of nitrogens with one attached hydrogen (secondary N) is 1. The van der Waals surface area contributed by atoms with Crippen LogP contribution in [0.2, 0.25) is 0 Å². The molecule has 0 aliphatic heterocycles. The fraction of sp³-hybridized carbons (Fsp3) is 0.333. The van der Waals surface area contributed by atoms with Crippen LogP contribution in [0.25, 0.3) is 0 Å². The number of hydrogen-bond donors (Lipinski definition) is 2. The molecule has 0 spiro atoms. The van der Waals surface area contributed by atoms with Crippen molar-refractivity contribution >= 4 is 17.3 Å². The highest BCUT2D eigenvalue weighted by atomic mass is 32.1. The summed E-state index contributed by atoms with van der Waals surface area (Å²) in [5.41, 5.74) is 0.168. The van der Waals surface area contributed by atoms with Crippen LogP contribution in [0, 0.1) is 6.92 Å². The first kappa shape index (κ1) is 12.8. The summed E-state index contributed by atoms with van der Waals surface area (Å²) in [4.78, 5) is 15.7. The van der Waals surface area contributed by atoms with E-state index in [4.69, 9.17) is 9.52 Å². The molecule has 0 radical (unpaired) electrons. The van der Waals surface area contributed by atoms with Gasteiger partial charge in [0, 0.05) is 17.8 Å². The van der Waals surface area contributed by atoms with Crippen LogP contribution in [-0.2, 0) is 13.0 Å². The van der Waals surface area contributed by atoms with E-state index in [1.165, 1.54) is 11.3 Å². The zero-order valence-electron chi connectivity index (χ0n) is 9.97. The molecule has 0 aromatic carbocycles. The molecule has 6 heteroatoms. The first-order valence-electron chi connectivity index (χ1n) is 5.59. The van der Waals surface area contributed by atoms with Gasteiger partial charge in [-0.2, -0.15) is 0 Å². The van der Waals surface area contributed by atoms with E-state index in [-0.39, 0.29) is 5.69 Å². The molecule has 0 saturated carbocycles. The summed E-state index contributed by atoms with van der Waals surface area (Å²) in [6.07, 6.45) is 2.36. The van der Waals surface area contributed by atoms with Gasteiger partial charge in [0.1, 0.15) is 5.76 Å². The summed E-state index contributed by atoms with van der Waals surface area (Å²) in [6, 6.07) is 3.75. The molecule has 2 rings (SSSR count). The molecule has 2 heterocycles. The average Bonchev–Trinajstić information content (AvgIpc) is 2.94. The highest BCUT2D eigenvalue weighted by Crippen LogP contribution is 2.17. The van der Waals surface area contributed by atoms with Crippen LogP contribution in [0.5, 0.6) is 0 Å². The standard InChI is InChI=1S/C12H14N2O3S/c1-8-11(12(15)16)14-10(18-8)4-5-13-7-9-3-2-6-17-9/h2-3,6,13H,4-5,7H2,1H3,(H,15,16). The third-order valence-corrected chi connectivity index (χ3v) is 3.47. The molecule has 0 saturated heterocycles. The Morgan fingerprint density at radius 3 is 3.06 bits per heavy atom. The number of carboxylic acid groups (broad SMARTS) is 1. The zero-order valence-corrected chi connectivity index (χ0v) is 10.8. The van der Waals surface area contributed by atoms with Crippen molar-refractivity contribution in [3.8, 4) is 0 Å². The maximum absolute atomic E-state index is 10.8. The van der Waals surface area contributed by atoms with Crippen molar-refractivity contribution in [1.29, 1.82) is 0 Å². The molecular formula is C12H14N2O3S. The largest absolute Gasteiger partial charge is 0.476 e. The van der Waals surface area contributed by atoms with E-state index in [0.29, 0.717) is 6.54 Å². The van der Waals surface area contributed by atoms with Crippen molar-refractivity contribution in [2.45, 2.75) is 19.9 Å². The summed E-state index contributed by atoms with van der Waals surface area (Å²) in [6.45, 7) is 3.19. The first-order valence-corrected chi connectivity index (χ1v) is 6.41. The first-order chi connectivity index (χ1) is 8.66. The van der Waals surface area contributed by atoms with Crippen molar-refractivity contribution in [1.82, 2.24) is 10.3 Å². The minimum absolute atomic E-state index is 0.168. The number of furan rings is 1. The Labute approximate surface area is 108 Å². The van der Waals surface area contributed by atoms with Crippen molar-refractivity contribution in [2.24, 2.45) is 0 Å². The van der Waals surface area contributed by atoms with Crippen LogP contribution in [-0.4, -0.2) is 22.6 Å². The molecule has 0 bridgehead atoms. The van der Waals surface area contributed by atoms with Gasteiger partial charge in [-0.1, -0.05) is 0 Å². The Balaban J connectivity index is 1.80. The third kappa shape index (κ3) is 3.18. The maximum Gasteiger partial charge on any atom is 0.355 e. The lowest BCUT2D eigenvalue weighted by atomic mass is 10.4. The molecule has 0 aliphatic carbocycles. The Morgan fingerprint density at radius 1 is 1.61 bits per heavy atom. The number of hydrogen-bond acceptors (Lipinski definition) is 5. The summed E-state index contributed by atoms with van der Waals surface area (Å²) in [5.74, 6) is -0.0740. The number of aromatic carboxylic acids is 1. The Bertz CT molecular complexity index is 519. The minimum atomic E-state index is -0.960. The second-order valence-corrected chi connectivity index (χ2v) is 5.11. The third-order valence-electron chi connectivity index (χ3n) is 2.44. The molecule has 0 fully saturated rings. The molecule has 2 N–H and O–H groups in total. The fourth-order valence-corrected chi connectivity index (χ4v) is 2.50. The molecule has 2 aromatic rings. The molecule has 96 valence electrons. The fourth-order valence-electron chi connectivity index (χ4n) is 1.58. The number of rotatable bonds is 6. The quantitative estimate of drug-likeness (QED) is 0.783. The van der Waals surface area contributed by atoms with Crippen LogP contribution < -0.4 is 5.32 Å². The van der Waals surface area contributed by atoms with Crippen molar-refractivity contribution in [2.75, 3.05) is 6.54 Å². The lowest BCUT2D eigenvalue weighted by molar-refractivity contribution is 0.0690. The number of aromatic nitrogens is 1. The smallest absolute Gasteiger partial charge is 0.355 e. The van der Waals surface area contributed by atoms with Gasteiger partial charge in [0.15, 0.2) is 5.69 Å². The number of nitrogens with zero attached hydrogens (tertiary/aromatic N) is 1. The lowest BCUT2D eigenvalue weighted by Crippen LogP contribution is -2.16. The van der Waals surface area contributed by atoms with Gasteiger partial charge in [0.05, 0.1) is 17.8 Å². The second-order valence-electron chi connectivity index (χ2n) is 3.82. The van der Waals surface area contributed by atoms with Crippen molar-refractivity contribution in [3.05, 3.63) is 39.7 Å². The average molecular weight is 266 g/mol. The van der Waals surface area contributed by atoms with Crippen molar-refractivity contribution in [3.63, 3.8) is 0 Å². The Kier molecular flexibility index (Phi) is 4.11. The van der Waals surface area contributed by atoms with Crippen LogP contribution in [0.15, 0.2) is 22.8 Å². The number of aryl methyl sites for hydroxylation is 1. The lowest BCUT2D eigenvalue weighted by Gasteiger charge is -1.99. The molecule has 0 aliphatic rings. The highest BCUT2D eigenvalue weighted by Gasteiger charge is 2.13.